The van der Waals surface area contributed by atoms with Crippen LogP contribution in [0.25, 0.3) is 0 Å². The van der Waals surface area contributed by atoms with Crippen molar-refractivity contribution in [1.29, 1.82) is 0 Å². The average molecular weight is 330 g/mol. The van der Waals surface area contributed by atoms with Crippen molar-refractivity contribution in [1.82, 2.24) is 9.55 Å². The number of nitrogens with one attached hydrogen (secondary N) is 2. The van der Waals surface area contributed by atoms with Gasteiger partial charge in [0.05, 0.1) is 5.69 Å². The molecule has 0 saturated heterocycles. The SMILES string of the molecule is CCn1cc(NS(=O)(=O)c2c[nH]c(=O)c(Cl)c2)ccc1=O. The van der Waals surface area contributed by atoms with E-state index in [1.54, 1.807) is 6.92 Å². The van der Waals surface area contributed by atoms with Gasteiger partial charge in [-0.2, -0.15) is 0 Å². The lowest BCUT2D eigenvalue weighted by molar-refractivity contribution is 0.600. The quantitative estimate of drug-likeness (QED) is 0.874. The van der Waals surface area contributed by atoms with Crippen LogP contribution in [0.3, 0.4) is 0 Å². The van der Waals surface area contributed by atoms with Gasteiger partial charge in [0.25, 0.3) is 21.1 Å². The number of rotatable bonds is 4. The van der Waals surface area contributed by atoms with E-state index in [9.17, 15) is 18.0 Å². The van der Waals surface area contributed by atoms with Crippen LogP contribution in [0, 0.1) is 0 Å². The molecule has 2 aromatic heterocycles. The molecule has 0 radical (unpaired) electrons. The molecule has 2 rings (SSSR count). The molecule has 112 valence electrons. The molecule has 0 bridgehead atoms. The smallest absolute Gasteiger partial charge is 0.266 e. The molecule has 2 aromatic rings. The molecule has 0 aromatic carbocycles. The van der Waals surface area contributed by atoms with Gasteiger partial charge < -0.3 is 9.55 Å². The van der Waals surface area contributed by atoms with Crippen molar-refractivity contribution in [2.75, 3.05) is 4.72 Å². The standard InChI is InChI=1S/C12H12ClN3O4S/c1-2-16-7-8(3-4-11(16)17)15-21(19,20)9-5-10(13)12(18)14-6-9/h3-7,15H,2H2,1H3,(H,14,18). The van der Waals surface area contributed by atoms with Crippen LogP contribution in [-0.2, 0) is 16.6 Å². The van der Waals surface area contributed by atoms with E-state index in [0.717, 1.165) is 12.3 Å². The van der Waals surface area contributed by atoms with Crippen LogP contribution in [0.2, 0.25) is 5.02 Å². The second-order valence-electron chi connectivity index (χ2n) is 4.16. The molecule has 0 amide bonds. The molecule has 0 atom stereocenters. The van der Waals surface area contributed by atoms with Crippen LogP contribution in [0.4, 0.5) is 5.69 Å². The third kappa shape index (κ3) is 3.34. The van der Waals surface area contributed by atoms with Crippen LogP contribution in [-0.4, -0.2) is 18.0 Å². The molecule has 2 heterocycles. The second kappa shape index (κ2) is 5.74. The first-order chi connectivity index (χ1) is 9.83. The molecule has 0 spiro atoms. The molecule has 0 aliphatic rings. The second-order valence-corrected chi connectivity index (χ2v) is 6.25. The molecule has 2 N–H and O–H groups in total. The predicted octanol–water partition coefficient (Wildman–Crippen LogP) is 1.01. The first-order valence-electron chi connectivity index (χ1n) is 5.95. The van der Waals surface area contributed by atoms with Crippen molar-refractivity contribution >= 4 is 27.3 Å². The maximum atomic E-state index is 12.2. The topological polar surface area (TPSA) is 101 Å². The van der Waals surface area contributed by atoms with Crippen molar-refractivity contribution in [3.05, 3.63) is 56.3 Å². The Morgan fingerprint density at radius 3 is 2.67 bits per heavy atom. The highest BCUT2D eigenvalue weighted by Gasteiger charge is 2.16. The molecule has 0 saturated carbocycles. The van der Waals surface area contributed by atoms with Gasteiger partial charge in [-0.1, -0.05) is 11.6 Å². The van der Waals surface area contributed by atoms with Gasteiger partial charge in [-0.15, -0.1) is 0 Å². The minimum absolute atomic E-state index is 0.179. The van der Waals surface area contributed by atoms with Crippen LogP contribution in [0.15, 0.2) is 45.1 Å². The van der Waals surface area contributed by atoms with Crippen LogP contribution < -0.4 is 15.8 Å². The van der Waals surface area contributed by atoms with Gasteiger partial charge in [-0.25, -0.2) is 8.42 Å². The van der Waals surface area contributed by atoms with Crippen molar-refractivity contribution in [3.8, 4) is 0 Å². The molecule has 9 heteroatoms. The fourth-order valence-corrected chi connectivity index (χ4v) is 2.92. The number of H-pyrrole nitrogens is 1. The van der Waals surface area contributed by atoms with Crippen molar-refractivity contribution in [2.45, 2.75) is 18.4 Å². The Kier molecular flexibility index (Phi) is 4.19. The van der Waals surface area contributed by atoms with Gasteiger partial charge in [0.15, 0.2) is 0 Å². The average Bonchev–Trinajstić information content (AvgIpc) is 2.43. The highest BCUT2D eigenvalue weighted by molar-refractivity contribution is 7.92. The van der Waals surface area contributed by atoms with Gasteiger partial charge in [-0.3, -0.25) is 14.3 Å². The molecular weight excluding hydrogens is 318 g/mol. The molecule has 0 unspecified atom stereocenters. The number of sulfonamides is 1. The number of halogens is 1. The number of aromatic amines is 1. The van der Waals surface area contributed by atoms with Gasteiger partial charge in [0, 0.05) is 25.0 Å². The van der Waals surface area contributed by atoms with E-state index in [0.29, 0.717) is 6.54 Å². The lowest BCUT2D eigenvalue weighted by Gasteiger charge is -2.09. The summed E-state index contributed by atoms with van der Waals surface area (Å²) in [6.07, 6.45) is 2.44. The Morgan fingerprint density at radius 2 is 2.05 bits per heavy atom. The lowest BCUT2D eigenvalue weighted by atomic mass is 10.4. The van der Waals surface area contributed by atoms with Crippen LogP contribution in [0.5, 0.6) is 0 Å². The van der Waals surface area contributed by atoms with Crippen molar-refractivity contribution in [2.24, 2.45) is 0 Å². The normalized spacial score (nSPS) is 11.3. The minimum atomic E-state index is -3.91. The Morgan fingerprint density at radius 1 is 1.33 bits per heavy atom. The largest absolute Gasteiger partial charge is 0.326 e. The van der Waals surface area contributed by atoms with Gasteiger partial charge in [0.2, 0.25) is 0 Å². The summed E-state index contributed by atoms with van der Waals surface area (Å²) in [4.78, 5) is 24.6. The van der Waals surface area contributed by atoms with E-state index in [2.05, 4.69) is 9.71 Å². The zero-order chi connectivity index (χ0) is 15.6. The Balaban J connectivity index is 2.39. The maximum absolute atomic E-state index is 12.2. The Hall–Kier alpha value is -2.06. The molecule has 7 nitrogen and oxygen atoms in total. The molecule has 0 fully saturated rings. The number of pyridine rings is 2. The molecular formula is C12H12ClN3O4S. The summed E-state index contributed by atoms with van der Waals surface area (Å²) in [5.41, 5.74) is -0.568. The number of aromatic nitrogens is 2. The first-order valence-corrected chi connectivity index (χ1v) is 7.81. The Labute approximate surface area is 125 Å². The molecule has 0 aliphatic heterocycles. The fraction of sp³-hybridized carbons (Fsp3) is 0.167. The Bertz CT molecular complexity index is 886. The number of hydrogen-bond donors (Lipinski definition) is 2. The van der Waals surface area contributed by atoms with Gasteiger partial charge >= 0.3 is 0 Å². The zero-order valence-electron chi connectivity index (χ0n) is 11.0. The van der Waals surface area contributed by atoms with Crippen molar-refractivity contribution in [3.63, 3.8) is 0 Å². The first kappa shape index (κ1) is 15.3. The summed E-state index contributed by atoms with van der Waals surface area (Å²) in [6, 6.07) is 3.68. The summed E-state index contributed by atoms with van der Waals surface area (Å²) >= 11 is 5.61. The third-order valence-corrected chi connectivity index (χ3v) is 4.36. The van der Waals surface area contributed by atoms with E-state index in [1.165, 1.54) is 22.9 Å². The summed E-state index contributed by atoms with van der Waals surface area (Å²) in [5, 5.41) is -0.226. The van der Waals surface area contributed by atoms with Crippen LogP contribution >= 0.6 is 11.6 Å². The summed E-state index contributed by atoms with van der Waals surface area (Å²) < 4.78 is 28.0. The number of aryl methyl sites for hydroxylation is 1. The minimum Gasteiger partial charge on any atom is -0.326 e. The van der Waals surface area contributed by atoms with Gasteiger partial charge in [0.1, 0.15) is 9.92 Å². The number of anilines is 1. The predicted molar refractivity (Wildman–Crippen MR) is 79.3 cm³/mol. The van der Waals surface area contributed by atoms with Gasteiger partial charge in [-0.05, 0) is 19.1 Å². The van der Waals surface area contributed by atoms with Crippen molar-refractivity contribution < 1.29 is 8.42 Å². The van der Waals surface area contributed by atoms with E-state index < -0.39 is 15.6 Å². The summed E-state index contributed by atoms with van der Waals surface area (Å²) in [5.74, 6) is 0. The highest BCUT2D eigenvalue weighted by Crippen LogP contribution is 2.15. The number of nitrogens with zero attached hydrogens (tertiary/aromatic N) is 1. The number of hydrogen-bond acceptors (Lipinski definition) is 4. The van der Waals surface area contributed by atoms with E-state index in [4.69, 9.17) is 11.6 Å². The molecule has 21 heavy (non-hydrogen) atoms. The zero-order valence-corrected chi connectivity index (χ0v) is 12.5. The third-order valence-electron chi connectivity index (χ3n) is 2.72. The molecule has 0 aliphatic carbocycles. The monoisotopic (exact) mass is 329 g/mol. The van der Waals surface area contributed by atoms with Crippen LogP contribution in [0.1, 0.15) is 6.92 Å². The van der Waals surface area contributed by atoms with E-state index >= 15 is 0 Å². The summed E-state index contributed by atoms with van der Waals surface area (Å²) in [6.45, 7) is 2.18. The highest BCUT2D eigenvalue weighted by atomic mass is 35.5. The summed E-state index contributed by atoms with van der Waals surface area (Å²) in [7, 11) is -3.91. The van der Waals surface area contributed by atoms with E-state index in [1.807, 2.05) is 0 Å². The fourth-order valence-electron chi connectivity index (χ4n) is 1.65. The van der Waals surface area contributed by atoms with E-state index in [-0.39, 0.29) is 21.2 Å². The lowest BCUT2D eigenvalue weighted by Crippen LogP contribution is -2.20. The maximum Gasteiger partial charge on any atom is 0.266 e.